The van der Waals surface area contributed by atoms with Crippen LogP contribution in [-0.2, 0) is 4.79 Å². The van der Waals surface area contributed by atoms with Gasteiger partial charge in [-0.2, -0.15) is 5.26 Å². The Morgan fingerprint density at radius 2 is 2.07 bits per heavy atom. The number of rotatable bonds is 3. The van der Waals surface area contributed by atoms with E-state index in [0.29, 0.717) is 11.3 Å². The van der Waals surface area contributed by atoms with Crippen molar-refractivity contribution in [3.05, 3.63) is 29.8 Å². The Labute approximate surface area is 88.2 Å². The summed E-state index contributed by atoms with van der Waals surface area (Å²) in [7, 11) is 0. The molecular weight excluding hydrogens is 192 g/mol. The lowest BCUT2D eigenvalue weighted by Gasteiger charge is -2.22. The van der Waals surface area contributed by atoms with Crippen molar-refractivity contribution in [2.75, 3.05) is 5.32 Å². The minimum Gasteiger partial charge on any atom is -0.480 e. The van der Waals surface area contributed by atoms with Gasteiger partial charge in [-0.1, -0.05) is 12.1 Å². The summed E-state index contributed by atoms with van der Waals surface area (Å²) >= 11 is 0. The number of hydrogen-bond acceptors (Lipinski definition) is 3. The molecule has 0 radical (unpaired) electrons. The molecule has 1 aromatic carbocycles. The molecule has 0 amide bonds. The average Bonchev–Trinajstić information content (AvgIpc) is 2.18. The number of para-hydroxylation sites is 1. The van der Waals surface area contributed by atoms with Gasteiger partial charge < -0.3 is 10.4 Å². The summed E-state index contributed by atoms with van der Waals surface area (Å²) in [4.78, 5) is 10.9. The number of carbonyl (C=O) groups is 1. The third-order valence-corrected chi connectivity index (χ3v) is 2.03. The van der Waals surface area contributed by atoms with Gasteiger partial charge in [0.15, 0.2) is 0 Å². The molecule has 0 aliphatic carbocycles. The molecule has 0 aliphatic heterocycles. The molecule has 0 saturated carbocycles. The molecule has 0 fully saturated rings. The number of nitriles is 1. The molecule has 0 aliphatic rings. The minimum atomic E-state index is -1.09. The third-order valence-electron chi connectivity index (χ3n) is 2.03. The van der Waals surface area contributed by atoms with E-state index >= 15 is 0 Å². The maximum atomic E-state index is 10.9. The molecule has 0 heterocycles. The van der Waals surface area contributed by atoms with E-state index in [2.05, 4.69) is 5.32 Å². The third kappa shape index (κ3) is 2.47. The van der Waals surface area contributed by atoms with Crippen molar-refractivity contribution in [3.8, 4) is 6.07 Å². The van der Waals surface area contributed by atoms with Gasteiger partial charge in [-0.3, -0.25) is 0 Å². The zero-order valence-electron chi connectivity index (χ0n) is 8.61. The maximum Gasteiger partial charge on any atom is 0.328 e. The molecule has 0 aromatic heterocycles. The smallest absolute Gasteiger partial charge is 0.328 e. The number of anilines is 1. The zero-order valence-corrected chi connectivity index (χ0v) is 8.61. The van der Waals surface area contributed by atoms with Gasteiger partial charge in [0.1, 0.15) is 11.6 Å². The number of hydrogen-bond donors (Lipinski definition) is 2. The van der Waals surface area contributed by atoms with E-state index in [1.54, 1.807) is 38.1 Å². The molecule has 1 rings (SSSR count). The van der Waals surface area contributed by atoms with Crippen LogP contribution in [0.5, 0.6) is 0 Å². The van der Waals surface area contributed by atoms with E-state index in [4.69, 9.17) is 10.4 Å². The number of carboxylic acids is 1. The van der Waals surface area contributed by atoms with E-state index < -0.39 is 11.5 Å². The van der Waals surface area contributed by atoms with Crippen LogP contribution in [0, 0.1) is 11.3 Å². The highest BCUT2D eigenvalue weighted by molar-refractivity contribution is 5.82. The Morgan fingerprint density at radius 1 is 1.47 bits per heavy atom. The first kappa shape index (κ1) is 11.1. The maximum absolute atomic E-state index is 10.9. The van der Waals surface area contributed by atoms with Crippen molar-refractivity contribution in [2.45, 2.75) is 19.4 Å². The van der Waals surface area contributed by atoms with E-state index in [-0.39, 0.29) is 0 Å². The van der Waals surface area contributed by atoms with E-state index in [1.807, 2.05) is 6.07 Å². The highest BCUT2D eigenvalue weighted by Crippen LogP contribution is 2.19. The molecule has 0 atom stereocenters. The summed E-state index contributed by atoms with van der Waals surface area (Å²) in [6.07, 6.45) is 0. The number of carboxylic acid groups (broad SMARTS) is 1. The average molecular weight is 204 g/mol. The number of nitrogens with zero attached hydrogens (tertiary/aromatic N) is 1. The van der Waals surface area contributed by atoms with Gasteiger partial charge in [-0.25, -0.2) is 4.79 Å². The van der Waals surface area contributed by atoms with E-state index in [0.717, 1.165) is 0 Å². The predicted molar refractivity (Wildman–Crippen MR) is 56.5 cm³/mol. The molecule has 0 unspecified atom stereocenters. The summed E-state index contributed by atoms with van der Waals surface area (Å²) in [6, 6.07) is 8.81. The Kier molecular flexibility index (Phi) is 2.96. The standard InChI is InChI=1S/C11H12N2O2/c1-11(2,10(14)15)13-9-6-4-3-5-8(9)7-12/h3-6,13H,1-2H3,(H,14,15). The first-order valence-electron chi connectivity index (χ1n) is 4.48. The molecule has 78 valence electrons. The molecule has 0 saturated heterocycles. The topological polar surface area (TPSA) is 73.1 Å². The normalized spacial score (nSPS) is 10.5. The largest absolute Gasteiger partial charge is 0.480 e. The summed E-state index contributed by atoms with van der Waals surface area (Å²) < 4.78 is 0. The summed E-state index contributed by atoms with van der Waals surface area (Å²) in [5.74, 6) is -0.963. The number of aliphatic carboxylic acids is 1. The number of benzene rings is 1. The van der Waals surface area contributed by atoms with Gasteiger partial charge in [-0.15, -0.1) is 0 Å². The van der Waals surface area contributed by atoms with Gasteiger partial charge in [0.05, 0.1) is 11.3 Å². The first-order valence-corrected chi connectivity index (χ1v) is 4.48. The summed E-state index contributed by atoms with van der Waals surface area (Å²) in [6.45, 7) is 3.09. The van der Waals surface area contributed by atoms with Gasteiger partial charge in [0.2, 0.25) is 0 Å². The first-order chi connectivity index (χ1) is 6.97. The van der Waals surface area contributed by atoms with E-state index in [9.17, 15) is 4.79 Å². The lowest BCUT2D eigenvalue weighted by Crippen LogP contribution is -2.40. The van der Waals surface area contributed by atoms with Crippen molar-refractivity contribution in [2.24, 2.45) is 0 Å². The van der Waals surface area contributed by atoms with Crippen LogP contribution in [0.25, 0.3) is 0 Å². The van der Waals surface area contributed by atoms with Gasteiger partial charge in [0.25, 0.3) is 0 Å². The zero-order chi connectivity index (χ0) is 11.5. The summed E-state index contributed by atoms with van der Waals surface area (Å²) in [5.41, 5.74) is -0.119. The summed E-state index contributed by atoms with van der Waals surface area (Å²) in [5, 5.41) is 20.6. The van der Waals surface area contributed by atoms with Gasteiger partial charge in [-0.05, 0) is 26.0 Å². The molecule has 0 bridgehead atoms. The highest BCUT2D eigenvalue weighted by Gasteiger charge is 2.27. The van der Waals surface area contributed by atoms with Crippen molar-refractivity contribution in [3.63, 3.8) is 0 Å². The molecule has 4 nitrogen and oxygen atoms in total. The molecule has 15 heavy (non-hydrogen) atoms. The lowest BCUT2D eigenvalue weighted by molar-refractivity contribution is -0.141. The fourth-order valence-electron chi connectivity index (χ4n) is 1.08. The molecule has 4 heteroatoms. The highest BCUT2D eigenvalue weighted by atomic mass is 16.4. The molecule has 1 aromatic rings. The monoisotopic (exact) mass is 204 g/mol. The predicted octanol–water partition coefficient (Wildman–Crippen LogP) is 1.83. The van der Waals surface area contributed by atoms with Crippen molar-refractivity contribution < 1.29 is 9.90 Å². The van der Waals surface area contributed by atoms with Crippen LogP contribution in [0.15, 0.2) is 24.3 Å². The Balaban J connectivity index is 3.00. The second-order valence-corrected chi connectivity index (χ2v) is 3.71. The Morgan fingerprint density at radius 3 is 2.60 bits per heavy atom. The van der Waals surface area contributed by atoms with E-state index in [1.165, 1.54) is 0 Å². The van der Waals surface area contributed by atoms with Crippen LogP contribution in [0.1, 0.15) is 19.4 Å². The quantitative estimate of drug-likeness (QED) is 0.787. The Hall–Kier alpha value is -2.02. The van der Waals surface area contributed by atoms with Gasteiger partial charge >= 0.3 is 5.97 Å². The fourth-order valence-corrected chi connectivity index (χ4v) is 1.08. The van der Waals surface area contributed by atoms with Crippen molar-refractivity contribution in [1.82, 2.24) is 0 Å². The second-order valence-electron chi connectivity index (χ2n) is 3.71. The minimum absolute atomic E-state index is 0.437. The fraction of sp³-hybridized carbons (Fsp3) is 0.273. The molecular formula is C11H12N2O2. The van der Waals surface area contributed by atoms with Crippen LogP contribution in [0.4, 0.5) is 5.69 Å². The van der Waals surface area contributed by atoms with Crippen LogP contribution < -0.4 is 5.32 Å². The van der Waals surface area contributed by atoms with Crippen molar-refractivity contribution >= 4 is 11.7 Å². The van der Waals surface area contributed by atoms with Crippen molar-refractivity contribution in [1.29, 1.82) is 5.26 Å². The Bertz CT molecular complexity index is 419. The van der Waals surface area contributed by atoms with Crippen LogP contribution >= 0.6 is 0 Å². The van der Waals surface area contributed by atoms with Crippen LogP contribution in [-0.4, -0.2) is 16.6 Å². The second kappa shape index (κ2) is 4.01. The van der Waals surface area contributed by atoms with Gasteiger partial charge in [0, 0.05) is 0 Å². The SMILES string of the molecule is CC(C)(Nc1ccccc1C#N)C(=O)O. The van der Waals surface area contributed by atoms with Crippen LogP contribution in [0.2, 0.25) is 0 Å². The molecule has 0 spiro atoms. The number of nitrogens with one attached hydrogen (secondary N) is 1. The molecule has 2 N–H and O–H groups in total. The van der Waals surface area contributed by atoms with Crippen LogP contribution in [0.3, 0.4) is 0 Å². The lowest BCUT2D eigenvalue weighted by atomic mass is 10.0.